The van der Waals surface area contributed by atoms with Gasteiger partial charge in [-0.1, -0.05) is 39.6 Å². The van der Waals surface area contributed by atoms with Crippen LogP contribution in [0.25, 0.3) is 0 Å². The van der Waals surface area contributed by atoms with E-state index in [1.165, 1.54) is 16.4 Å². The third kappa shape index (κ3) is 4.26. The van der Waals surface area contributed by atoms with E-state index in [1.54, 1.807) is 25.2 Å². The number of thioether (sulfide) groups is 1. The number of aromatic nitrogens is 2. The van der Waals surface area contributed by atoms with Gasteiger partial charge in [-0.05, 0) is 18.2 Å². The molecular formula is C12H11Cl2N3O3S. The fraction of sp³-hybridized carbons (Fsp3) is 0.250. The smallest absolute Gasteiger partial charge is 0.290 e. The fourth-order valence-corrected chi connectivity index (χ4v) is 2.65. The third-order valence-corrected chi connectivity index (χ3v) is 4.34. The standard InChI is InChI=1S/C12H11Cl2N3O3S/c1-17-11(12(19)20-16-17)21-5-4-10(18)15-7-2-3-8(13)9(14)6-7/h2-3,6H,4-5H2,1H3,(H-,15,16,18,19). The zero-order valence-electron chi connectivity index (χ0n) is 10.9. The van der Waals surface area contributed by atoms with Gasteiger partial charge in [0.1, 0.15) is 0 Å². The lowest BCUT2D eigenvalue weighted by molar-refractivity contribution is -0.772. The van der Waals surface area contributed by atoms with Crippen LogP contribution < -0.4 is 15.1 Å². The molecule has 1 amide bonds. The Labute approximate surface area is 135 Å². The van der Waals surface area contributed by atoms with Crippen LogP contribution >= 0.6 is 35.0 Å². The zero-order chi connectivity index (χ0) is 15.4. The first kappa shape index (κ1) is 15.9. The van der Waals surface area contributed by atoms with Crippen LogP contribution in [0.5, 0.6) is 5.95 Å². The Kier molecular flexibility index (Phi) is 5.33. The van der Waals surface area contributed by atoms with Gasteiger partial charge in [-0.15, -0.1) is 0 Å². The Morgan fingerprint density at radius 1 is 1.48 bits per heavy atom. The summed E-state index contributed by atoms with van der Waals surface area (Å²) in [5.41, 5.74) is 0.569. The molecule has 1 heterocycles. The SMILES string of the molecule is C[n+]1noc([O-])c1SCCC(=O)Nc1ccc(Cl)c(Cl)c1. The maximum atomic E-state index is 11.8. The zero-order valence-corrected chi connectivity index (χ0v) is 13.3. The summed E-state index contributed by atoms with van der Waals surface area (Å²) >= 11 is 12.9. The molecule has 21 heavy (non-hydrogen) atoms. The van der Waals surface area contributed by atoms with Gasteiger partial charge in [0.25, 0.3) is 5.03 Å². The van der Waals surface area contributed by atoms with Crippen LogP contribution in [0.15, 0.2) is 27.7 Å². The molecule has 2 rings (SSSR count). The third-order valence-electron chi connectivity index (χ3n) is 2.49. The normalized spacial score (nSPS) is 10.6. The number of nitrogens with one attached hydrogen (secondary N) is 1. The number of amides is 1. The lowest BCUT2D eigenvalue weighted by atomic mass is 10.3. The molecule has 0 saturated heterocycles. The maximum Gasteiger partial charge on any atom is 0.290 e. The molecule has 0 radical (unpaired) electrons. The van der Waals surface area contributed by atoms with Crippen LogP contribution in [0.1, 0.15) is 6.42 Å². The van der Waals surface area contributed by atoms with Gasteiger partial charge in [0.2, 0.25) is 5.91 Å². The highest BCUT2D eigenvalue weighted by atomic mass is 35.5. The van der Waals surface area contributed by atoms with Crippen molar-refractivity contribution in [1.29, 1.82) is 0 Å². The molecule has 0 aliphatic heterocycles. The number of nitrogens with zero attached hydrogens (tertiary/aromatic N) is 2. The van der Waals surface area contributed by atoms with Crippen molar-refractivity contribution in [2.75, 3.05) is 11.1 Å². The second-order valence-electron chi connectivity index (χ2n) is 4.06. The van der Waals surface area contributed by atoms with Gasteiger partial charge in [0, 0.05) is 17.9 Å². The fourth-order valence-electron chi connectivity index (χ4n) is 1.50. The molecule has 0 bridgehead atoms. The molecule has 9 heteroatoms. The Morgan fingerprint density at radius 2 is 2.24 bits per heavy atom. The van der Waals surface area contributed by atoms with E-state index in [9.17, 15) is 9.90 Å². The summed E-state index contributed by atoms with van der Waals surface area (Å²) in [6.07, 6.45) is 0.232. The molecule has 2 aromatic rings. The summed E-state index contributed by atoms with van der Waals surface area (Å²) in [4.78, 5) is 11.8. The van der Waals surface area contributed by atoms with Crippen molar-refractivity contribution in [3.8, 4) is 5.95 Å². The van der Waals surface area contributed by atoms with E-state index in [-0.39, 0.29) is 12.3 Å². The van der Waals surface area contributed by atoms with Gasteiger partial charge in [-0.3, -0.25) is 4.79 Å². The quantitative estimate of drug-likeness (QED) is 0.660. The van der Waals surface area contributed by atoms with Crippen LogP contribution in [-0.2, 0) is 11.8 Å². The number of hydrogen-bond donors (Lipinski definition) is 1. The number of aryl methyl sites for hydroxylation is 1. The number of rotatable bonds is 5. The summed E-state index contributed by atoms with van der Waals surface area (Å²) in [6.45, 7) is 0. The van der Waals surface area contributed by atoms with E-state index >= 15 is 0 Å². The molecule has 0 saturated carbocycles. The molecule has 0 unspecified atom stereocenters. The van der Waals surface area contributed by atoms with Crippen LogP contribution in [0.2, 0.25) is 10.0 Å². The first-order chi connectivity index (χ1) is 9.97. The predicted octanol–water partition coefficient (Wildman–Crippen LogP) is 2.00. The summed E-state index contributed by atoms with van der Waals surface area (Å²) in [5, 5.41) is 18.6. The van der Waals surface area contributed by atoms with Gasteiger partial charge in [0.05, 0.1) is 15.3 Å². The maximum absolute atomic E-state index is 11.8. The number of carbonyl (C=O) groups is 1. The molecule has 0 fully saturated rings. The summed E-state index contributed by atoms with van der Waals surface area (Å²) < 4.78 is 5.82. The van der Waals surface area contributed by atoms with Gasteiger partial charge in [-0.25, -0.2) is 0 Å². The highest BCUT2D eigenvalue weighted by Crippen LogP contribution is 2.25. The highest BCUT2D eigenvalue weighted by molar-refractivity contribution is 7.99. The topological polar surface area (TPSA) is 82.1 Å². The minimum atomic E-state index is -0.507. The number of benzene rings is 1. The average molecular weight is 348 g/mol. The minimum Gasteiger partial charge on any atom is -0.538 e. The van der Waals surface area contributed by atoms with E-state index in [2.05, 4.69) is 15.1 Å². The average Bonchev–Trinajstić information content (AvgIpc) is 2.74. The number of halogens is 2. The first-order valence-corrected chi connectivity index (χ1v) is 7.62. The lowest BCUT2D eigenvalue weighted by Crippen LogP contribution is -2.32. The molecule has 112 valence electrons. The van der Waals surface area contributed by atoms with E-state index < -0.39 is 5.95 Å². The van der Waals surface area contributed by atoms with Gasteiger partial charge in [0.15, 0.2) is 13.0 Å². The van der Waals surface area contributed by atoms with Crippen molar-refractivity contribution in [3.05, 3.63) is 28.2 Å². The van der Waals surface area contributed by atoms with E-state index in [1.807, 2.05) is 0 Å². The molecule has 0 spiro atoms. The van der Waals surface area contributed by atoms with Crippen molar-refractivity contribution in [2.45, 2.75) is 11.4 Å². The molecule has 0 atom stereocenters. The van der Waals surface area contributed by atoms with Crippen LogP contribution in [0.4, 0.5) is 5.69 Å². The van der Waals surface area contributed by atoms with Crippen LogP contribution in [0.3, 0.4) is 0 Å². The van der Waals surface area contributed by atoms with Crippen molar-refractivity contribution >= 4 is 46.6 Å². The van der Waals surface area contributed by atoms with Crippen LogP contribution in [-0.4, -0.2) is 16.9 Å². The predicted molar refractivity (Wildman–Crippen MR) is 77.6 cm³/mol. The summed E-state index contributed by atoms with van der Waals surface area (Å²) in [5.74, 6) is -0.267. The van der Waals surface area contributed by atoms with E-state index in [0.29, 0.717) is 26.5 Å². The van der Waals surface area contributed by atoms with Gasteiger partial charge in [-0.2, -0.15) is 0 Å². The summed E-state index contributed by atoms with van der Waals surface area (Å²) in [6, 6.07) is 4.84. The van der Waals surface area contributed by atoms with Crippen LogP contribution in [0, 0.1) is 0 Å². The summed E-state index contributed by atoms with van der Waals surface area (Å²) in [7, 11) is 1.60. The lowest BCUT2D eigenvalue weighted by Gasteiger charge is -2.05. The molecule has 6 nitrogen and oxygen atoms in total. The van der Waals surface area contributed by atoms with Crippen molar-refractivity contribution in [3.63, 3.8) is 0 Å². The highest BCUT2D eigenvalue weighted by Gasteiger charge is 2.14. The second-order valence-corrected chi connectivity index (χ2v) is 5.96. The van der Waals surface area contributed by atoms with Gasteiger partial charge >= 0.3 is 0 Å². The largest absolute Gasteiger partial charge is 0.538 e. The van der Waals surface area contributed by atoms with Gasteiger partial charge < -0.3 is 14.9 Å². The minimum absolute atomic E-state index is 0.188. The first-order valence-electron chi connectivity index (χ1n) is 5.88. The Bertz CT molecular complexity index is 644. The van der Waals surface area contributed by atoms with Crippen molar-refractivity contribution < 1.29 is 19.1 Å². The molecule has 1 aromatic carbocycles. The van der Waals surface area contributed by atoms with Crippen molar-refractivity contribution in [2.24, 2.45) is 7.05 Å². The second kappa shape index (κ2) is 7.02. The molecule has 0 aliphatic carbocycles. The number of hydrogen-bond acceptors (Lipinski definition) is 5. The van der Waals surface area contributed by atoms with E-state index in [0.717, 1.165) is 0 Å². The number of carbonyl (C=O) groups excluding carboxylic acids is 1. The Morgan fingerprint density at radius 3 is 2.86 bits per heavy atom. The number of anilines is 1. The molecule has 0 aliphatic rings. The van der Waals surface area contributed by atoms with Crippen molar-refractivity contribution in [1.82, 2.24) is 5.27 Å². The Hall–Kier alpha value is -1.44. The molecule has 1 aromatic heterocycles. The molecule has 1 N–H and O–H groups in total. The van der Waals surface area contributed by atoms with E-state index in [4.69, 9.17) is 23.2 Å². The Balaban J connectivity index is 1.84. The molecular weight excluding hydrogens is 337 g/mol. The monoisotopic (exact) mass is 347 g/mol.